The van der Waals surface area contributed by atoms with Crippen LogP contribution in [0.3, 0.4) is 0 Å². The molecule has 21 heavy (non-hydrogen) atoms. The molecule has 0 spiro atoms. The first-order valence-corrected chi connectivity index (χ1v) is 9.28. The molecule has 2 rings (SSSR count). The fraction of sp³-hybridized carbons (Fsp3) is 0.333. The van der Waals surface area contributed by atoms with E-state index >= 15 is 0 Å². The molecule has 0 N–H and O–H groups in total. The van der Waals surface area contributed by atoms with E-state index < -0.39 is 7.60 Å². The van der Waals surface area contributed by atoms with Gasteiger partial charge in [-0.25, -0.2) is 4.57 Å². The molecule has 1 aliphatic heterocycles. The van der Waals surface area contributed by atoms with Gasteiger partial charge in [0.2, 0.25) is 0 Å². The minimum Gasteiger partial charge on any atom is -0.426 e. The van der Waals surface area contributed by atoms with Crippen molar-refractivity contribution in [3.8, 4) is 0 Å². The molecular weight excluding hydrogens is 330 g/mol. The van der Waals surface area contributed by atoms with Crippen LogP contribution in [0.15, 0.2) is 41.9 Å². The molecule has 0 saturated heterocycles. The van der Waals surface area contributed by atoms with Crippen LogP contribution in [0.1, 0.15) is 25.3 Å². The van der Waals surface area contributed by atoms with Gasteiger partial charge in [0.25, 0.3) is 0 Å². The second-order valence-electron chi connectivity index (χ2n) is 4.54. The van der Waals surface area contributed by atoms with Crippen molar-refractivity contribution in [3.05, 3.63) is 52.5 Å². The Labute approximate surface area is 135 Å². The van der Waals surface area contributed by atoms with Crippen molar-refractivity contribution < 1.29 is 13.6 Å². The van der Waals surface area contributed by atoms with Crippen molar-refractivity contribution in [2.24, 2.45) is 0 Å². The number of allylic oxidation sites excluding steroid dienone is 3. The Morgan fingerprint density at radius 3 is 2.62 bits per heavy atom. The van der Waals surface area contributed by atoms with E-state index in [1.54, 1.807) is 24.9 Å². The van der Waals surface area contributed by atoms with Crippen molar-refractivity contribution in [2.75, 3.05) is 12.5 Å². The maximum absolute atomic E-state index is 12.6. The maximum Gasteiger partial charge on any atom is 0.403 e. The lowest BCUT2D eigenvalue weighted by molar-refractivity contribution is 0.253. The first kappa shape index (κ1) is 16.6. The number of halogens is 2. The molecule has 0 fully saturated rings. The molecule has 3 nitrogen and oxygen atoms in total. The number of hydrogen-bond acceptors (Lipinski definition) is 3. The molecule has 0 aromatic heterocycles. The van der Waals surface area contributed by atoms with Crippen LogP contribution in [0.25, 0.3) is 5.57 Å². The molecule has 1 unspecified atom stereocenters. The van der Waals surface area contributed by atoms with Gasteiger partial charge >= 0.3 is 7.60 Å². The largest absolute Gasteiger partial charge is 0.426 e. The molecular formula is C15H17Cl2O3P. The van der Waals surface area contributed by atoms with Gasteiger partial charge in [-0.05, 0) is 42.7 Å². The first-order chi connectivity index (χ1) is 10.1. The van der Waals surface area contributed by atoms with E-state index in [1.807, 2.05) is 18.2 Å². The zero-order valence-corrected chi connectivity index (χ0v) is 14.1. The van der Waals surface area contributed by atoms with Gasteiger partial charge in [-0.1, -0.05) is 23.7 Å². The quantitative estimate of drug-likeness (QED) is 0.479. The van der Waals surface area contributed by atoms with Gasteiger partial charge in [0.15, 0.2) is 0 Å². The number of benzene rings is 1. The zero-order chi connectivity index (χ0) is 15.3. The number of rotatable bonds is 6. The van der Waals surface area contributed by atoms with Crippen molar-refractivity contribution in [1.82, 2.24) is 0 Å². The summed E-state index contributed by atoms with van der Waals surface area (Å²) in [5, 5.41) is 0.658. The molecule has 0 bridgehead atoms. The summed E-state index contributed by atoms with van der Waals surface area (Å²) in [6.45, 7) is 2.11. The lowest BCUT2D eigenvalue weighted by Gasteiger charge is -2.23. The van der Waals surface area contributed by atoms with Crippen LogP contribution in [0, 0.1) is 0 Å². The highest BCUT2D eigenvalue weighted by Gasteiger charge is 2.28. The van der Waals surface area contributed by atoms with Crippen molar-refractivity contribution >= 4 is 36.4 Å². The Morgan fingerprint density at radius 2 is 2.00 bits per heavy atom. The fourth-order valence-electron chi connectivity index (χ4n) is 2.00. The predicted octanol–water partition coefficient (Wildman–Crippen LogP) is 5.84. The highest BCUT2D eigenvalue weighted by atomic mass is 35.5. The molecule has 0 radical (unpaired) electrons. The van der Waals surface area contributed by atoms with Gasteiger partial charge in [0.05, 0.1) is 6.61 Å². The molecule has 1 heterocycles. The molecule has 1 aromatic rings. The van der Waals surface area contributed by atoms with E-state index in [2.05, 4.69) is 0 Å². The monoisotopic (exact) mass is 346 g/mol. The summed E-state index contributed by atoms with van der Waals surface area (Å²) < 4.78 is 23.5. The van der Waals surface area contributed by atoms with Gasteiger partial charge < -0.3 is 4.52 Å². The molecule has 6 heteroatoms. The van der Waals surface area contributed by atoms with Crippen LogP contribution >= 0.6 is 30.8 Å². The standard InChI is InChI=1S/C15H17Cl2O3P/c1-2-19-21(18)11-13(10-15(20-21)4-3-9-16)12-5-7-14(17)8-6-12/h5-8,10-11H,2-4,9H2,1H3. The van der Waals surface area contributed by atoms with Gasteiger partial charge in [-0.15, -0.1) is 11.6 Å². The maximum atomic E-state index is 12.6. The van der Waals surface area contributed by atoms with Crippen molar-refractivity contribution in [2.45, 2.75) is 19.8 Å². The smallest absolute Gasteiger partial charge is 0.403 e. The molecule has 1 aromatic carbocycles. The third-order valence-electron chi connectivity index (χ3n) is 2.90. The average molecular weight is 347 g/mol. The van der Waals surface area contributed by atoms with E-state index in [1.165, 1.54) is 0 Å². The van der Waals surface area contributed by atoms with Crippen LogP contribution in [-0.4, -0.2) is 12.5 Å². The Hall–Kier alpha value is -0.730. The summed E-state index contributed by atoms with van der Waals surface area (Å²) in [4.78, 5) is 0. The van der Waals surface area contributed by atoms with E-state index in [4.69, 9.17) is 32.2 Å². The summed E-state index contributed by atoms with van der Waals surface area (Å²) >= 11 is 11.6. The van der Waals surface area contributed by atoms with Crippen LogP contribution in [0.5, 0.6) is 0 Å². The Bertz CT molecular complexity index is 593. The molecule has 114 valence electrons. The highest BCUT2D eigenvalue weighted by molar-refractivity contribution is 7.57. The summed E-state index contributed by atoms with van der Waals surface area (Å²) in [6, 6.07) is 7.35. The lowest BCUT2D eigenvalue weighted by atomic mass is 10.1. The predicted molar refractivity (Wildman–Crippen MR) is 87.8 cm³/mol. The normalized spacial score (nSPS) is 21.5. The minimum atomic E-state index is -3.25. The summed E-state index contributed by atoms with van der Waals surface area (Å²) in [5.74, 6) is 2.73. The summed E-state index contributed by atoms with van der Waals surface area (Å²) in [5.41, 5.74) is 1.74. The van der Waals surface area contributed by atoms with Crippen molar-refractivity contribution in [1.29, 1.82) is 0 Å². The lowest BCUT2D eigenvalue weighted by Crippen LogP contribution is -2.01. The van der Waals surface area contributed by atoms with Gasteiger partial charge in [-0.2, -0.15) is 0 Å². The average Bonchev–Trinajstić information content (AvgIpc) is 2.45. The van der Waals surface area contributed by atoms with E-state index in [0.29, 0.717) is 29.7 Å². The topological polar surface area (TPSA) is 35.5 Å². The molecule has 1 atom stereocenters. The summed E-state index contributed by atoms with van der Waals surface area (Å²) in [6.07, 6.45) is 3.27. The zero-order valence-electron chi connectivity index (χ0n) is 11.7. The number of hydrogen-bond donors (Lipinski definition) is 0. The van der Waals surface area contributed by atoms with Crippen LogP contribution in [0.4, 0.5) is 0 Å². The molecule has 1 aliphatic rings. The van der Waals surface area contributed by atoms with Crippen LogP contribution in [0.2, 0.25) is 5.02 Å². The Balaban J connectivity index is 2.34. The van der Waals surface area contributed by atoms with Gasteiger partial charge in [-0.3, -0.25) is 4.52 Å². The van der Waals surface area contributed by atoms with E-state index in [0.717, 1.165) is 17.6 Å². The molecule has 0 saturated carbocycles. The Morgan fingerprint density at radius 1 is 1.29 bits per heavy atom. The fourth-order valence-corrected chi connectivity index (χ4v) is 3.83. The minimum absolute atomic E-state index is 0.324. The highest BCUT2D eigenvalue weighted by Crippen LogP contribution is 2.56. The molecule has 0 amide bonds. The second kappa shape index (κ2) is 7.51. The third kappa shape index (κ3) is 4.62. The first-order valence-electron chi connectivity index (χ1n) is 6.75. The third-order valence-corrected chi connectivity index (χ3v) is 5.12. The van der Waals surface area contributed by atoms with E-state index in [-0.39, 0.29) is 0 Å². The second-order valence-corrected chi connectivity index (χ2v) is 7.14. The van der Waals surface area contributed by atoms with Crippen molar-refractivity contribution in [3.63, 3.8) is 0 Å². The Kier molecular flexibility index (Phi) is 5.95. The van der Waals surface area contributed by atoms with Gasteiger partial charge in [0, 0.05) is 23.1 Å². The van der Waals surface area contributed by atoms with Crippen LogP contribution < -0.4 is 0 Å². The summed E-state index contributed by atoms with van der Waals surface area (Å²) in [7, 11) is -3.25. The van der Waals surface area contributed by atoms with Gasteiger partial charge in [0.1, 0.15) is 5.76 Å². The SMILES string of the molecule is CCOP1(=O)C=C(c2ccc(Cl)cc2)C=C(CCCCl)O1. The molecule has 0 aliphatic carbocycles. The number of alkyl halides is 1. The van der Waals surface area contributed by atoms with Crippen LogP contribution in [-0.2, 0) is 13.6 Å². The van der Waals surface area contributed by atoms with E-state index in [9.17, 15) is 4.57 Å².